The van der Waals surface area contributed by atoms with E-state index in [0.717, 1.165) is 34.4 Å². The number of hydrogen-bond donors (Lipinski definition) is 1. The molecule has 31 heavy (non-hydrogen) atoms. The van der Waals surface area contributed by atoms with Crippen LogP contribution in [-0.2, 0) is 17.8 Å². The summed E-state index contributed by atoms with van der Waals surface area (Å²) < 4.78 is 0. The summed E-state index contributed by atoms with van der Waals surface area (Å²) in [6, 6.07) is 25.2. The van der Waals surface area contributed by atoms with Crippen molar-refractivity contribution in [3.63, 3.8) is 0 Å². The highest BCUT2D eigenvalue weighted by Gasteiger charge is 2.51. The van der Waals surface area contributed by atoms with Crippen LogP contribution < -0.4 is 10.0 Å². The third-order valence-electron chi connectivity index (χ3n) is 5.72. The molecule has 158 valence electrons. The number of urea groups is 1. The normalized spacial score (nSPS) is 15.6. The summed E-state index contributed by atoms with van der Waals surface area (Å²) in [5.41, 5.74) is 2.97. The van der Waals surface area contributed by atoms with E-state index in [0.29, 0.717) is 12.2 Å². The van der Waals surface area contributed by atoms with Crippen LogP contribution in [0.2, 0.25) is 0 Å². The van der Waals surface area contributed by atoms with E-state index in [9.17, 15) is 9.59 Å². The Kier molecular flexibility index (Phi) is 5.85. The molecule has 1 aliphatic rings. The zero-order valence-electron chi connectivity index (χ0n) is 17.6. The Labute approximate surface area is 187 Å². The van der Waals surface area contributed by atoms with Gasteiger partial charge in [0.15, 0.2) is 0 Å². The molecule has 3 amide bonds. The minimum atomic E-state index is -0.956. The zero-order chi connectivity index (χ0) is 22.0. The number of nitrogens with zero attached hydrogens (tertiary/aromatic N) is 2. The summed E-state index contributed by atoms with van der Waals surface area (Å²) >= 11 is 1.09. The molecule has 4 rings (SSSR count). The summed E-state index contributed by atoms with van der Waals surface area (Å²) in [6.07, 6.45) is 0.771. The van der Waals surface area contributed by atoms with Crippen LogP contribution >= 0.6 is 11.9 Å². The van der Waals surface area contributed by atoms with Gasteiger partial charge in [-0.1, -0.05) is 60.7 Å². The maximum absolute atomic E-state index is 13.4. The minimum absolute atomic E-state index is 0.239. The number of imide groups is 1. The number of benzene rings is 3. The van der Waals surface area contributed by atoms with Crippen molar-refractivity contribution in [1.29, 1.82) is 0 Å². The van der Waals surface area contributed by atoms with Crippen LogP contribution in [0, 0.1) is 0 Å². The van der Waals surface area contributed by atoms with Gasteiger partial charge in [0.2, 0.25) is 0 Å². The molecule has 0 saturated carbocycles. The van der Waals surface area contributed by atoms with E-state index in [1.54, 1.807) is 36.9 Å². The molecule has 0 unspecified atom stereocenters. The summed E-state index contributed by atoms with van der Waals surface area (Å²) in [6.45, 7) is 3.96. The van der Waals surface area contributed by atoms with Crippen molar-refractivity contribution in [1.82, 2.24) is 4.90 Å². The maximum atomic E-state index is 13.4. The molecule has 0 aromatic heterocycles. The highest BCUT2D eigenvalue weighted by atomic mass is 32.2. The Balaban J connectivity index is 1.64. The van der Waals surface area contributed by atoms with E-state index in [1.165, 1.54) is 10.5 Å². The molecule has 0 bridgehead atoms. The molecular formula is C25H25N3O2S. The van der Waals surface area contributed by atoms with Crippen molar-refractivity contribution in [3.05, 3.63) is 95.6 Å². The average molecular weight is 432 g/mol. The highest BCUT2D eigenvalue weighted by Crippen LogP contribution is 2.34. The molecule has 1 heterocycles. The van der Waals surface area contributed by atoms with Gasteiger partial charge in [0.25, 0.3) is 5.91 Å². The van der Waals surface area contributed by atoms with Crippen LogP contribution in [0.25, 0.3) is 0 Å². The number of nitrogens with two attached hydrogens (primary N) is 1. The van der Waals surface area contributed by atoms with Gasteiger partial charge < -0.3 is 4.90 Å². The van der Waals surface area contributed by atoms with Gasteiger partial charge in [-0.3, -0.25) is 9.93 Å². The summed E-state index contributed by atoms with van der Waals surface area (Å²) in [4.78, 5) is 30.3. The summed E-state index contributed by atoms with van der Waals surface area (Å²) in [7, 11) is 0. The third-order valence-corrected chi connectivity index (χ3v) is 6.25. The number of rotatable bonds is 6. The molecule has 2 N–H and O–H groups in total. The fraction of sp³-hybridized carbons (Fsp3) is 0.200. The summed E-state index contributed by atoms with van der Waals surface area (Å²) in [5.74, 6) is -0.239. The first-order valence-electron chi connectivity index (χ1n) is 10.2. The molecule has 1 aliphatic heterocycles. The monoisotopic (exact) mass is 431 g/mol. The SMILES string of the molecule is CC1(C)C(=O)N(c2cccc(SN)c2)C(=O)N1Cc1ccccc1Cc1ccccc1. The van der Waals surface area contributed by atoms with Gasteiger partial charge in [0, 0.05) is 11.4 Å². The minimum Gasteiger partial charge on any atom is -0.305 e. The standard InChI is InChI=1S/C25H25N3O2S/c1-25(2)23(29)28(21-13-8-14-22(16-21)31-26)24(30)27(25)17-20-12-7-6-11-19(20)15-18-9-4-3-5-10-18/h3-14,16H,15,17,26H2,1-2H3. The Hall–Kier alpha value is -3.09. The average Bonchev–Trinajstić information content (AvgIpc) is 2.95. The smallest absolute Gasteiger partial charge is 0.305 e. The van der Waals surface area contributed by atoms with Crippen LogP contribution in [0.15, 0.2) is 83.8 Å². The number of anilines is 1. The van der Waals surface area contributed by atoms with E-state index >= 15 is 0 Å². The summed E-state index contributed by atoms with van der Waals surface area (Å²) in [5, 5.41) is 5.67. The first-order chi connectivity index (χ1) is 14.9. The van der Waals surface area contributed by atoms with Crippen molar-refractivity contribution in [2.24, 2.45) is 5.14 Å². The van der Waals surface area contributed by atoms with Crippen molar-refractivity contribution in [3.8, 4) is 0 Å². The van der Waals surface area contributed by atoms with Gasteiger partial charge >= 0.3 is 6.03 Å². The van der Waals surface area contributed by atoms with Crippen LogP contribution in [0.1, 0.15) is 30.5 Å². The number of amides is 3. The lowest BCUT2D eigenvalue weighted by atomic mass is 9.97. The molecule has 0 atom stereocenters. The maximum Gasteiger partial charge on any atom is 0.332 e. The van der Waals surface area contributed by atoms with Gasteiger partial charge in [0.05, 0.1) is 5.69 Å². The van der Waals surface area contributed by atoms with E-state index in [-0.39, 0.29) is 11.9 Å². The van der Waals surface area contributed by atoms with Crippen LogP contribution in [0.3, 0.4) is 0 Å². The predicted octanol–water partition coefficient (Wildman–Crippen LogP) is 4.99. The van der Waals surface area contributed by atoms with Crippen LogP contribution in [0.4, 0.5) is 10.5 Å². The molecule has 1 fully saturated rings. The van der Waals surface area contributed by atoms with E-state index in [4.69, 9.17) is 5.14 Å². The first kappa shape index (κ1) is 21.2. The Bertz CT molecular complexity index is 1110. The second-order valence-corrected chi connectivity index (χ2v) is 8.82. The van der Waals surface area contributed by atoms with E-state index in [1.807, 2.05) is 42.5 Å². The van der Waals surface area contributed by atoms with E-state index in [2.05, 4.69) is 18.2 Å². The lowest BCUT2D eigenvalue weighted by Gasteiger charge is -2.28. The molecule has 5 nitrogen and oxygen atoms in total. The van der Waals surface area contributed by atoms with Crippen molar-refractivity contribution < 1.29 is 9.59 Å². The van der Waals surface area contributed by atoms with Gasteiger partial charge in [0.1, 0.15) is 5.54 Å². The molecular weight excluding hydrogens is 406 g/mol. The van der Waals surface area contributed by atoms with Crippen molar-refractivity contribution in [2.45, 2.75) is 37.2 Å². The van der Waals surface area contributed by atoms with Gasteiger partial charge in [-0.05, 0) is 67.1 Å². The third kappa shape index (κ3) is 4.09. The van der Waals surface area contributed by atoms with Gasteiger partial charge in [-0.15, -0.1) is 0 Å². The lowest BCUT2D eigenvalue weighted by Crippen LogP contribution is -2.43. The fourth-order valence-corrected chi connectivity index (χ4v) is 4.24. The number of hydrogen-bond acceptors (Lipinski definition) is 4. The van der Waals surface area contributed by atoms with Crippen LogP contribution in [-0.4, -0.2) is 22.4 Å². The van der Waals surface area contributed by atoms with E-state index < -0.39 is 5.54 Å². The molecule has 0 radical (unpaired) electrons. The number of carbonyl (C=O) groups is 2. The zero-order valence-corrected chi connectivity index (χ0v) is 18.4. The Morgan fingerprint density at radius 2 is 1.55 bits per heavy atom. The largest absolute Gasteiger partial charge is 0.332 e. The van der Waals surface area contributed by atoms with Crippen molar-refractivity contribution >= 4 is 29.6 Å². The predicted molar refractivity (Wildman–Crippen MR) is 125 cm³/mol. The second kappa shape index (κ2) is 8.57. The topological polar surface area (TPSA) is 66.6 Å². The second-order valence-electron chi connectivity index (χ2n) is 8.11. The number of carbonyl (C=O) groups excluding carboxylic acids is 2. The van der Waals surface area contributed by atoms with Crippen molar-refractivity contribution in [2.75, 3.05) is 4.90 Å². The molecule has 6 heteroatoms. The molecule has 3 aromatic carbocycles. The fourth-order valence-electron chi connectivity index (χ4n) is 3.89. The lowest BCUT2D eigenvalue weighted by molar-refractivity contribution is -0.123. The van der Waals surface area contributed by atoms with Crippen LogP contribution in [0.5, 0.6) is 0 Å². The Morgan fingerprint density at radius 1 is 0.871 bits per heavy atom. The van der Waals surface area contributed by atoms with Gasteiger partial charge in [-0.25, -0.2) is 9.69 Å². The molecule has 0 aliphatic carbocycles. The molecule has 0 spiro atoms. The highest BCUT2D eigenvalue weighted by molar-refractivity contribution is 7.97. The van der Waals surface area contributed by atoms with Gasteiger partial charge in [-0.2, -0.15) is 0 Å². The molecule has 1 saturated heterocycles. The quantitative estimate of drug-likeness (QED) is 0.441. The molecule has 3 aromatic rings. The Morgan fingerprint density at radius 3 is 2.26 bits per heavy atom. The first-order valence-corrected chi connectivity index (χ1v) is 11.0.